The number of amides is 3. The number of fused-ring (bicyclic) bond motifs is 1. The molecule has 178 valence electrons. The maximum absolute atomic E-state index is 13.6. The molecule has 0 radical (unpaired) electrons. The third-order valence-corrected chi connectivity index (χ3v) is 6.61. The molecule has 2 heterocycles. The van der Waals surface area contributed by atoms with Gasteiger partial charge >= 0.3 is 0 Å². The van der Waals surface area contributed by atoms with Crippen molar-refractivity contribution < 1.29 is 19.2 Å². The lowest BCUT2D eigenvalue weighted by Gasteiger charge is -2.29. The van der Waals surface area contributed by atoms with Crippen LogP contribution in [0.2, 0.25) is 0 Å². The van der Waals surface area contributed by atoms with E-state index < -0.39 is 12.1 Å². The molecule has 2 aromatic rings. The van der Waals surface area contributed by atoms with Gasteiger partial charge in [-0.15, -0.1) is 0 Å². The minimum Gasteiger partial charge on any atom is -0.340 e. The molecule has 0 saturated carbocycles. The first-order valence-electron chi connectivity index (χ1n) is 11.8. The van der Waals surface area contributed by atoms with Crippen LogP contribution in [-0.4, -0.2) is 64.5 Å². The highest BCUT2D eigenvalue weighted by Crippen LogP contribution is 2.31. The largest absolute Gasteiger partial charge is 0.340 e. The van der Waals surface area contributed by atoms with Crippen molar-refractivity contribution in [2.75, 3.05) is 13.1 Å². The van der Waals surface area contributed by atoms with Crippen molar-refractivity contribution in [3.8, 4) is 0 Å². The van der Waals surface area contributed by atoms with Gasteiger partial charge in [0.25, 0.3) is 11.8 Å². The average molecular weight is 462 g/mol. The van der Waals surface area contributed by atoms with Crippen LogP contribution in [0.25, 0.3) is 0 Å². The lowest BCUT2D eigenvalue weighted by Crippen LogP contribution is -2.53. The second-order valence-electron chi connectivity index (χ2n) is 9.62. The quantitative estimate of drug-likeness (QED) is 0.717. The smallest absolute Gasteiger partial charge is 0.254 e. The molecule has 0 aromatic heterocycles. The fourth-order valence-corrected chi connectivity index (χ4v) is 4.93. The van der Waals surface area contributed by atoms with Crippen LogP contribution in [0.5, 0.6) is 0 Å². The average Bonchev–Trinajstić information content (AvgIpc) is 3.39. The lowest BCUT2D eigenvalue weighted by molar-refractivity contribution is -0.138. The van der Waals surface area contributed by atoms with Crippen LogP contribution < -0.4 is 5.32 Å². The van der Waals surface area contributed by atoms with Crippen molar-refractivity contribution in [1.82, 2.24) is 15.1 Å². The molecule has 0 aliphatic carbocycles. The molecule has 4 rings (SSSR count). The Hall–Kier alpha value is -3.48. The SMILES string of the molecule is Cc1ccc(C(=O)N[C@@H](CC(C)C)C(=O)N2CCC3[C@H]2C(=O)CN3C(=O)c2ccccc2)cc1. The predicted octanol–water partition coefficient (Wildman–Crippen LogP) is 2.83. The van der Waals surface area contributed by atoms with Gasteiger partial charge in [0, 0.05) is 17.7 Å². The zero-order valence-corrected chi connectivity index (χ0v) is 19.9. The van der Waals surface area contributed by atoms with Crippen LogP contribution in [0.1, 0.15) is 53.0 Å². The van der Waals surface area contributed by atoms with Gasteiger partial charge in [0.1, 0.15) is 12.1 Å². The topological polar surface area (TPSA) is 86.8 Å². The van der Waals surface area contributed by atoms with Gasteiger partial charge in [-0.1, -0.05) is 49.7 Å². The Morgan fingerprint density at radius 3 is 2.29 bits per heavy atom. The van der Waals surface area contributed by atoms with Crippen molar-refractivity contribution in [2.24, 2.45) is 5.92 Å². The number of rotatable bonds is 6. The van der Waals surface area contributed by atoms with Gasteiger partial charge in [0.15, 0.2) is 5.78 Å². The fraction of sp³-hybridized carbons (Fsp3) is 0.407. The third-order valence-electron chi connectivity index (χ3n) is 6.61. The molecule has 7 nitrogen and oxygen atoms in total. The molecule has 2 aliphatic rings. The minimum atomic E-state index is -0.737. The Morgan fingerprint density at radius 2 is 1.65 bits per heavy atom. The molecular formula is C27H31N3O4. The highest BCUT2D eigenvalue weighted by Gasteiger charge is 2.52. The van der Waals surface area contributed by atoms with E-state index in [1.807, 2.05) is 39.0 Å². The molecule has 3 amide bonds. The lowest BCUT2D eigenvalue weighted by atomic mass is 10.0. The fourth-order valence-electron chi connectivity index (χ4n) is 4.93. The summed E-state index contributed by atoms with van der Waals surface area (Å²) in [5.41, 5.74) is 2.07. The summed E-state index contributed by atoms with van der Waals surface area (Å²) in [5, 5.41) is 2.89. The van der Waals surface area contributed by atoms with Crippen LogP contribution in [0, 0.1) is 12.8 Å². The molecule has 2 fully saturated rings. The van der Waals surface area contributed by atoms with Gasteiger partial charge in [-0.2, -0.15) is 0 Å². The van der Waals surface area contributed by atoms with Crippen molar-refractivity contribution in [1.29, 1.82) is 0 Å². The summed E-state index contributed by atoms with van der Waals surface area (Å²) in [7, 11) is 0. The summed E-state index contributed by atoms with van der Waals surface area (Å²) in [6.45, 7) is 6.31. The Kier molecular flexibility index (Phi) is 6.82. The first-order chi connectivity index (χ1) is 16.3. The van der Waals surface area contributed by atoms with Crippen LogP contribution >= 0.6 is 0 Å². The Morgan fingerprint density at radius 1 is 0.971 bits per heavy atom. The zero-order chi connectivity index (χ0) is 24.4. The van der Waals surface area contributed by atoms with Crippen LogP contribution in [0.3, 0.4) is 0 Å². The molecule has 7 heteroatoms. The molecule has 2 aliphatic heterocycles. The molecule has 2 aromatic carbocycles. The number of ketones is 1. The molecule has 1 N–H and O–H groups in total. The van der Waals surface area contributed by atoms with E-state index in [4.69, 9.17) is 0 Å². The first kappa shape index (κ1) is 23.7. The predicted molar refractivity (Wildman–Crippen MR) is 128 cm³/mol. The molecule has 2 saturated heterocycles. The van der Waals surface area contributed by atoms with Gasteiger partial charge in [-0.25, -0.2) is 0 Å². The Balaban J connectivity index is 1.51. The molecular weight excluding hydrogens is 430 g/mol. The number of nitrogens with zero attached hydrogens (tertiary/aromatic N) is 2. The number of benzene rings is 2. The summed E-state index contributed by atoms with van der Waals surface area (Å²) in [4.78, 5) is 55.6. The first-order valence-corrected chi connectivity index (χ1v) is 11.8. The standard InChI is InChI=1S/C27H31N3O4/c1-17(2)15-21(28-25(32)19-11-9-18(3)10-12-19)27(34)29-14-13-22-24(29)23(31)16-30(22)26(33)20-7-5-4-6-8-20/h4-12,17,21-22,24H,13-16H2,1-3H3,(H,28,32)/t21-,22?,24-/m0/s1. The van der Waals surface area contributed by atoms with Gasteiger partial charge in [0.05, 0.1) is 12.6 Å². The van der Waals surface area contributed by atoms with Crippen molar-refractivity contribution >= 4 is 23.5 Å². The van der Waals surface area contributed by atoms with Crippen LogP contribution in [0.15, 0.2) is 54.6 Å². The highest BCUT2D eigenvalue weighted by molar-refractivity contribution is 6.03. The van der Waals surface area contributed by atoms with E-state index in [1.165, 1.54) is 0 Å². The van der Waals surface area contributed by atoms with Gasteiger partial charge in [-0.3, -0.25) is 19.2 Å². The Labute approximate surface area is 200 Å². The van der Waals surface area contributed by atoms with Crippen LogP contribution in [0.4, 0.5) is 0 Å². The van der Waals surface area contributed by atoms with Gasteiger partial charge in [0.2, 0.25) is 5.91 Å². The zero-order valence-electron chi connectivity index (χ0n) is 19.9. The van der Waals surface area contributed by atoms with E-state index in [0.717, 1.165) is 5.56 Å². The number of nitrogens with one attached hydrogen (secondary N) is 1. The van der Waals surface area contributed by atoms with Crippen molar-refractivity contribution in [2.45, 2.75) is 51.7 Å². The summed E-state index contributed by atoms with van der Waals surface area (Å²) in [6, 6.07) is 14.3. The highest BCUT2D eigenvalue weighted by atomic mass is 16.2. The van der Waals surface area contributed by atoms with E-state index >= 15 is 0 Å². The second-order valence-corrected chi connectivity index (χ2v) is 9.62. The van der Waals surface area contributed by atoms with Gasteiger partial charge in [-0.05, 0) is 49.9 Å². The minimum absolute atomic E-state index is 0.00257. The molecule has 3 atom stereocenters. The number of carbonyl (C=O) groups excluding carboxylic acids is 4. The molecule has 34 heavy (non-hydrogen) atoms. The number of aryl methyl sites for hydroxylation is 1. The summed E-state index contributed by atoms with van der Waals surface area (Å²) in [5.74, 6) is -0.728. The van der Waals surface area contributed by atoms with E-state index in [2.05, 4.69) is 5.32 Å². The van der Waals surface area contributed by atoms with E-state index in [9.17, 15) is 19.2 Å². The van der Waals surface area contributed by atoms with Crippen LogP contribution in [-0.2, 0) is 9.59 Å². The molecule has 1 unspecified atom stereocenters. The molecule has 0 bridgehead atoms. The summed E-state index contributed by atoms with van der Waals surface area (Å²) >= 11 is 0. The van der Waals surface area contributed by atoms with Gasteiger partial charge < -0.3 is 15.1 Å². The number of hydrogen-bond acceptors (Lipinski definition) is 4. The van der Waals surface area contributed by atoms with E-state index in [0.29, 0.717) is 30.5 Å². The third kappa shape index (κ3) is 4.74. The number of hydrogen-bond donors (Lipinski definition) is 1. The number of likely N-dealkylation sites (tertiary alicyclic amines) is 2. The summed E-state index contributed by atoms with van der Waals surface area (Å²) in [6.07, 6.45) is 1.01. The Bertz CT molecular complexity index is 1080. The number of Topliss-reactive ketones (excluding diaryl/α,β-unsaturated/α-hetero) is 1. The van der Waals surface area contributed by atoms with Crippen molar-refractivity contribution in [3.63, 3.8) is 0 Å². The maximum Gasteiger partial charge on any atom is 0.254 e. The normalized spacial score (nSPS) is 20.4. The number of carbonyl (C=O) groups is 4. The van der Waals surface area contributed by atoms with E-state index in [-0.39, 0.29) is 42.0 Å². The maximum atomic E-state index is 13.6. The second kappa shape index (κ2) is 9.79. The monoisotopic (exact) mass is 461 g/mol. The summed E-state index contributed by atoms with van der Waals surface area (Å²) < 4.78 is 0. The van der Waals surface area contributed by atoms with E-state index in [1.54, 1.807) is 46.2 Å². The molecule has 0 spiro atoms. The van der Waals surface area contributed by atoms with Crippen molar-refractivity contribution in [3.05, 3.63) is 71.3 Å².